The Morgan fingerprint density at radius 2 is 1.93 bits per heavy atom. The van der Waals surface area contributed by atoms with Gasteiger partial charge in [0.2, 0.25) is 0 Å². The molecule has 14 heavy (non-hydrogen) atoms. The van der Waals surface area contributed by atoms with Crippen molar-refractivity contribution in [3.63, 3.8) is 0 Å². The van der Waals surface area contributed by atoms with E-state index in [1.807, 2.05) is 0 Å². The molecule has 1 aliphatic carbocycles. The van der Waals surface area contributed by atoms with Crippen LogP contribution in [-0.2, 0) is 0 Å². The van der Waals surface area contributed by atoms with Crippen molar-refractivity contribution in [2.24, 2.45) is 5.92 Å². The predicted octanol–water partition coefficient (Wildman–Crippen LogP) is 2.15. The zero-order valence-corrected chi connectivity index (χ0v) is 8.87. The first-order valence-corrected chi connectivity index (χ1v) is 5.78. The van der Waals surface area contributed by atoms with Crippen molar-refractivity contribution in [2.75, 3.05) is 0 Å². The Labute approximate surface area is 86.4 Å². The van der Waals surface area contributed by atoms with E-state index in [1.165, 1.54) is 25.7 Å². The van der Waals surface area contributed by atoms with Crippen molar-refractivity contribution in [1.82, 2.24) is 10.9 Å². The predicted molar refractivity (Wildman–Crippen MR) is 59.8 cm³/mol. The molecule has 78 valence electrons. The lowest BCUT2D eigenvalue weighted by molar-refractivity contribution is 0.452. The highest BCUT2D eigenvalue weighted by atomic mass is 15.4. The van der Waals surface area contributed by atoms with Crippen LogP contribution < -0.4 is 10.9 Å². The van der Waals surface area contributed by atoms with Crippen molar-refractivity contribution in [2.45, 2.75) is 44.7 Å². The van der Waals surface area contributed by atoms with Gasteiger partial charge in [-0.3, -0.25) is 5.43 Å². The summed E-state index contributed by atoms with van der Waals surface area (Å²) in [4.78, 5) is 0. The van der Waals surface area contributed by atoms with E-state index < -0.39 is 0 Å². The van der Waals surface area contributed by atoms with Gasteiger partial charge in [-0.2, -0.15) is 0 Å². The van der Waals surface area contributed by atoms with Gasteiger partial charge in [0, 0.05) is 18.0 Å². The Hall–Kier alpha value is -0.600. The molecule has 0 radical (unpaired) electrons. The molecule has 1 saturated heterocycles. The van der Waals surface area contributed by atoms with Crippen molar-refractivity contribution < 1.29 is 0 Å². The maximum Gasteiger partial charge on any atom is 0.0474 e. The topological polar surface area (TPSA) is 24.1 Å². The number of fused-ring (bicyclic) bond motifs is 1. The summed E-state index contributed by atoms with van der Waals surface area (Å²) in [5.41, 5.74) is 6.75. The van der Waals surface area contributed by atoms with Crippen molar-refractivity contribution in [3.05, 3.63) is 24.3 Å². The monoisotopic (exact) mass is 192 g/mol. The van der Waals surface area contributed by atoms with Crippen molar-refractivity contribution in [3.8, 4) is 0 Å². The molecular formula is C12H20N2. The minimum atomic E-state index is 0.520. The van der Waals surface area contributed by atoms with Crippen molar-refractivity contribution in [1.29, 1.82) is 0 Å². The lowest BCUT2D eigenvalue weighted by Gasteiger charge is -2.19. The van der Waals surface area contributed by atoms with Crippen LogP contribution in [0.25, 0.3) is 0 Å². The summed E-state index contributed by atoms with van der Waals surface area (Å²) in [7, 11) is 0. The molecule has 1 aliphatic heterocycles. The smallest absolute Gasteiger partial charge is 0.0474 e. The fourth-order valence-corrected chi connectivity index (χ4v) is 2.33. The number of rotatable bonds is 4. The molecule has 2 N–H and O–H groups in total. The minimum Gasteiger partial charge on any atom is -0.254 e. The fraction of sp³-hybridized carbons (Fsp3) is 0.667. The van der Waals surface area contributed by atoms with E-state index in [0.29, 0.717) is 18.0 Å². The third-order valence-corrected chi connectivity index (χ3v) is 3.20. The van der Waals surface area contributed by atoms with Gasteiger partial charge in [-0.05, 0) is 6.42 Å². The second kappa shape index (κ2) is 4.76. The molecule has 1 fully saturated rings. The normalized spacial score (nSPS) is 34.8. The van der Waals surface area contributed by atoms with Crippen LogP contribution in [0.15, 0.2) is 24.3 Å². The lowest BCUT2D eigenvalue weighted by atomic mass is 9.88. The highest BCUT2D eigenvalue weighted by Gasteiger charge is 2.32. The third kappa shape index (κ3) is 2.07. The fourth-order valence-electron chi connectivity index (χ4n) is 2.33. The molecule has 2 rings (SSSR count). The van der Waals surface area contributed by atoms with Gasteiger partial charge in [-0.15, -0.1) is 0 Å². The molecule has 2 nitrogen and oxygen atoms in total. The maximum absolute atomic E-state index is 3.41. The standard InChI is InChI=1S/C12H20N2/c1-2-3-4-8-11-10-7-5-6-9-12(10)14-13-11/h5-7,9-14H,2-4,8H2,1H3. The van der Waals surface area contributed by atoms with E-state index in [2.05, 4.69) is 42.1 Å². The number of hydrogen-bond donors (Lipinski definition) is 2. The molecule has 0 aromatic carbocycles. The van der Waals surface area contributed by atoms with Gasteiger partial charge in [0.25, 0.3) is 0 Å². The molecule has 1 heterocycles. The van der Waals surface area contributed by atoms with Crippen LogP contribution in [0, 0.1) is 5.92 Å². The van der Waals surface area contributed by atoms with Crippen LogP contribution in [0.3, 0.4) is 0 Å². The SMILES string of the molecule is CCCCCC1NNC2C=CC=CC21. The average Bonchev–Trinajstić information content (AvgIpc) is 2.63. The number of nitrogens with one attached hydrogen (secondary N) is 2. The first-order chi connectivity index (χ1) is 6.92. The second-order valence-corrected chi connectivity index (χ2v) is 4.26. The van der Waals surface area contributed by atoms with E-state index >= 15 is 0 Å². The number of hydrogen-bond acceptors (Lipinski definition) is 2. The van der Waals surface area contributed by atoms with Crippen LogP contribution in [0.2, 0.25) is 0 Å². The molecular weight excluding hydrogens is 172 g/mol. The van der Waals surface area contributed by atoms with Gasteiger partial charge in [-0.25, -0.2) is 5.43 Å². The quantitative estimate of drug-likeness (QED) is 0.667. The van der Waals surface area contributed by atoms with E-state index in [4.69, 9.17) is 0 Å². The number of hydrazine groups is 1. The van der Waals surface area contributed by atoms with Crippen LogP contribution in [0.5, 0.6) is 0 Å². The van der Waals surface area contributed by atoms with Gasteiger partial charge in [-0.1, -0.05) is 50.5 Å². The first kappa shape index (κ1) is 9.94. The Bertz CT molecular complexity index is 232. The maximum atomic E-state index is 3.41. The molecule has 3 unspecified atom stereocenters. The zero-order chi connectivity index (χ0) is 9.80. The summed E-state index contributed by atoms with van der Waals surface area (Å²) in [5.74, 6) is 0.664. The van der Waals surface area contributed by atoms with E-state index in [0.717, 1.165) is 0 Å². The Balaban J connectivity index is 1.83. The summed E-state index contributed by atoms with van der Waals surface area (Å²) in [6, 6.07) is 1.15. The number of allylic oxidation sites excluding steroid dienone is 2. The molecule has 2 heteroatoms. The molecule has 3 atom stereocenters. The summed E-state index contributed by atoms with van der Waals surface area (Å²) >= 11 is 0. The number of unbranched alkanes of at least 4 members (excludes halogenated alkanes) is 2. The molecule has 0 spiro atoms. The van der Waals surface area contributed by atoms with Gasteiger partial charge in [0.1, 0.15) is 0 Å². The first-order valence-electron chi connectivity index (χ1n) is 5.78. The molecule has 0 saturated carbocycles. The summed E-state index contributed by atoms with van der Waals surface area (Å²) in [5, 5.41) is 0. The second-order valence-electron chi connectivity index (χ2n) is 4.26. The van der Waals surface area contributed by atoms with E-state index in [9.17, 15) is 0 Å². The summed E-state index contributed by atoms with van der Waals surface area (Å²) in [6.45, 7) is 2.26. The van der Waals surface area contributed by atoms with Gasteiger partial charge < -0.3 is 0 Å². The highest BCUT2D eigenvalue weighted by molar-refractivity contribution is 5.20. The van der Waals surface area contributed by atoms with E-state index in [1.54, 1.807) is 0 Å². The zero-order valence-electron chi connectivity index (χ0n) is 8.87. The summed E-state index contributed by atoms with van der Waals surface area (Å²) in [6.07, 6.45) is 14.2. The van der Waals surface area contributed by atoms with Gasteiger partial charge in [0.05, 0.1) is 0 Å². The van der Waals surface area contributed by atoms with Crippen LogP contribution >= 0.6 is 0 Å². The Morgan fingerprint density at radius 1 is 1.07 bits per heavy atom. The van der Waals surface area contributed by atoms with Crippen LogP contribution in [-0.4, -0.2) is 12.1 Å². The molecule has 0 bridgehead atoms. The van der Waals surface area contributed by atoms with Crippen LogP contribution in [0.4, 0.5) is 0 Å². The molecule has 0 amide bonds. The average molecular weight is 192 g/mol. The van der Waals surface area contributed by atoms with E-state index in [-0.39, 0.29) is 0 Å². The van der Waals surface area contributed by atoms with Crippen LogP contribution in [0.1, 0.15) is 32.6 Å². The molecule has 0 aromatic rings. The Morgan fingerprint density at radius 3 is 2.79 bits per heavy atom. The van der Waals surface area contributed by atoms with Gasteiger partial charge in [0.15, 0.2) is 0 Å². The molecule has 2 aliphatic rings. The van der Waals surface area contributed by atoms with Gasteiger partial charge >= 0.3 is 0 Å². The highest BCUT2D eigenvalue weighted by Crippen LogP contribution is 2.24. The lowest BCUT2D eigenvalue weighted by Crippen LogP contribution is -2.32. The van der Waals surface area contributed by atoms with Crippen molar-refractivity contribution >= 4 is 0 Å². The minimum absolute atomic E-state index is 0.520. The summed E-state index contributed by atoms with van der Waals surface area (Å²) < 4.78 is 0. The Kier molecular flexibility index (Phi) is 3.38. The molecule has 0 aromatic heterocycles. The largest absolute Gasteiger partial charge is 0.254 e. The third-order valence-electron chi connectivity index (χ3n) is 3.20.